The van der Waals surface area contributed by atoms with E-state index in [1.165, 1.54) is 0 Å². The van der Waals surface area contributed by atoms with Crippen molar-refractivity contribution in [2.24, 2.45) is 7.05 Å². The van der Waals surface area contributed by atoms with Crippen molar-refractivity contribution in [3.05, 3.63) is 52.8 Å². The zero-order valence-corrected chi connectivity index (χ0v) is 16.7. The summed E-state index contributed by atoms with van der Waals surface area (Å²) in [7, 11) is 8.00. The molecular formula is C22H23NO5. The van der Waals surface area contributed by atoms with Crippen LogP contribution in [0.1, 0.15) is 5.56 Å². The molecule has 146 valence electrons. The van der Waals surface area contributed by atoms with E-state index in [1.54, 1.807) is 58.3 Å². The van der Waals surface area contributed by atoms with E-state index in [0.717, 1.165) is 22.2 Å². The summed E-state index contributed by atoms with van der Waals surface area (Å²) in [6.07, 6.45) is 1.72. The first-order valence-electron chi connectivity index (χ1n) is 8.63. The number of nitrogens with zero attached hydrogens (tertiary/aromatic N) is 1. The lowest BCUT2D eigenvalue weighted by Crippen LogP contribution is -2.19. The average Bonchev–Trinajstić information content (AvgIpc) is 2.74. The summed E-state index contributed by atoms with van der Waals surface area (Å²) in [6.45, 7) is 3.89. The van der Waals surface area contributed by atoms with Crippen molar-refractivity contribution in [3.8, 4) is 34.3 Å². The lowest BCUT2D eigenvalue weighted by Gasteiger charge is -2.17. The van der Waals surface area contributed by atoms with Crippen LogP contribution in [0.5, 0.6) is 23.0 Å². The lowest BCUT2D eigenvalue weighted by atomic mass is 10.00. The summed E-state index contributed by atoms with van der Waals surface area (Å²) in [5, 5.41) is 1.30. The molecule has 3 rings (SSSR count). The second kappa shape index (κ2) is 7.68. The number of benzene rings is 2. The van der Waals surface area contributed by atoms with E-state index in [9.17, 15) is 4.79 Å². The van der Waals surface area contributed by atoms with Crippen LogP contribution < -0.4 is 24.5 Å². The van der Waals surface area contributed by atoms with Crippen molar-refractivity contribution < 1.29 is 18.9 Å². The first-order valence-corrected chi connectivity index (χ1v) is 8.63. The van der Waals surface area contributed by atoms with Crippen molar-refractivity contribution in [2.45, 2.75) is 0 Å². The first kappa shape index (κ1) is 19.4. The third-order valence-electron chi connectivity index (χ3n) is 4.80. The summed E-state index contributed by atoms with van der Waals surface area (Å²) >= 11 is 0. The summed E-state index contributed by atoms with van der Waals surface area (Å²) < 4.78 is 23.1. The van der Waals surface area contributed by atoms with Gasteiger partial charge in [-0.25, -0.2) is 0 Å². The van der Waals surface area contributed by atoms with Gasteiger partial charge in [-0.2, -0.15) is 0 Å². The van der Waals surface area contributed by atoms with Crippen LogP contribution in [0, 0.1) is 0 Å². The topological polar surface area (TPSA) is 58.9 Å². The van der Waals surface area contributed by atoms with Crippen molar-refractivity contribution in [1.29, 1.82) is 0 Å². The van der Waals surface area contributed by atoms with Gasteiger partial charge in [0.05, 0.1) is 39.5 Å². The summed E-state index contributed by atoms with van der Waals surface area (Å²) in [5.74, 6) is 2.24. The lowest BCUT2D eigenvalue weighted by molar-refractivity contribution is 0.355. The maximum absolute atomic E-state index is 13.1. The number of aromatic nitrogens is 1. The number of methoxy groups -OCH3 is 4. The van der Waals surface area contributed by atoms with Gasteiger partial charge < -0.3 is 23.5 Å². The molecule has 0 saturated carbocycles. The molecule has 0 radical (unpaired) electrons. The average molecular weight is 381 g/mol. The van der Waals surface area contributed by atoms with Gasteiger partial charge in [0.15, 0.2) is 23.0 Å². The molecule has 0 aliphatic rings. The molecular weight excluding hydrogens is 358 g/mol. The van der Waals surface area contributed by atoms with Crippen LogP contribution >= 0.6 is 0 Å². The van der Waals surface area contributed by atoms with Crippen molar-refractivity contribution in [2.75, 3.05) is 28.4 Å². The molecule has 0 aliphatic carbocycles. The molecule has 0 saturated heterocycles. The molecule has 0 bridgehead atoms. The Morgan fingerprint density at radius 1 is 0.821 bits per heavy atom. The molecule has 3 aromatic rings. The third kappa shape index (κ3) is 3.07. The summed E-state index contributed by atoms with van der Waals surface area (Å²) in [5.41, 5.74) is 2.22. The molecule has 28 heavy (non-hydrogen) atoms. The second-order valence-electron chi connectivity index (χ2n) is 6.19. The zero-order valence-electron chi connectivity index (χ0n) is 16.7. The normalized spacial score (nSPS) is 10.6. The molecule has 0 N–H and O–H groups in total. The summed E-state index contributed by atoms with van der Waals surface area (Å²) in [4.78, 5) is 13.1. The predicted molar refractivity (Wildman–Crippen MR) is 111 cm³/mol. The minimum absolute atomic E-state index is 0.141. The minimum Gasteiger partial charge on any atom is -0.493 e. The number of ether oxygens (including phenoxy) is 4. The Morgan fingerprint density at radius 3 is 1.93 bits per heavy atom. The maximum Gasteiger partial charge on any atom is 0.258 e. The van der Waals surface area contributed by atoms with E-state index in [2.05, 4.69) is 6.58 Å². The first-order chi connectivity index (χ1) is 13.5. The fourth-order valence-electron chi connectivity index (χ4n) is 3.28. The van der Waals surface area contributed by atoms with Crippen LogP contribution in [0.25, 0.3) is 28.1 Å². The molecule has 0 aliphatic heterocycles. The van der Waals surface area contributed by atoms with Crippen LogP contribution in [-0.4, -0.2) is 33.0 Å². The highest BCUT2D eigenvalue weighted by Crippen LogP contribution is 2.38. The van der Waals surface area contributed by atoms with Gasteiger partial charge in [0.2, 0.25) is 0 Å². The van der Waals surface area contributed by atoms with Gasteiger partial charge in [0, 0.05) is 12.6 Å². The molecule has 0 fully saturated rings. The molecule has 0 spiro atoms. The van der Waals surface area contributed by atoms with Crippen molar-refractivity contribution in [1.82, 2.24) is 4.57 Å². The summed E-state index contributed by atoms with van der Waals surface area (Å²) in [6, 6.07) is 9.12. The molecule has 6 heteroatoms. The maximum atomic E-state index is 13.1. The van der Waals surface area contributed by atoms with E-state index in [-0.39, 0.29) is 5.56 Å². The molecule has 0 amide bonds. The van der Waals surface area contributed by atoms with E-state index < -0.39 is 0 Å². The number of hydrogen-bond acceptors (Lipinski definition) is 5. The van der Waals surface area contributed by atoms with Crippen LogP contribution in [0.15, 0.2) is 41.7 Å². The number of pyridine rings is 1. The molecule has 6 nitrogen and oxygen atoms in total. The highest BCUT2D eigenvalue weighted by molar-refractivity contribution is 5.90. The van der Waals surface area contributed by atoms with E-state index >= 15 is 0 Å². The van der Waals surface area contributed by atoms with Crippen molar-refractivity contribution in [3.63, 3.8) is 0 Å². The van der Waals surface area contributed by atoms with Crippen LogP contribution in [0.3, 0.4) is 0 Å². The SMILES string of the molecule is C=Cc1cc(OC)c(OC)cc1-c1cc2cc(OC)c(OC)cc2c(=O)n1C. The Labute approximate surface area is 163 Å². The van der Waals surface area contributed by atoms with Gasteiger partial charge in [-0.05, 0) is 41.3 Å². The fraction of sp³-hybridized carbons (Fsp3) is 0.227. The number of rotatable bonds is 6. The smallest absolute Gasteiger partial charge is 0.258 e. The highest BCUT2D eigenvalue weighted by Gasteiger charge is 2.17. The zero-order chi connectivity index (χ0) is 20.4. The van der Waals surface area contributed by atoms with Crippen LogP contribution in [0.2, 0.25) is 0 Å². The van der Waals surface area contributed by atoms with Gasteiger partial charge in [-0.1, -0.05) is 12.7 Å². The molecule has 1 aromatic heterocycles. The van der Waals surface area contributed by atoms with E-state index in [4.69, 9.17) is 18.9 Å². The third-order valence-corrected chi connectivity index (χ3v) is 4.80. The van der Waals surface area contributed by atoms with Crippen molar-refractivity contribution >= 4 is 16.8 Å². The minimum atomic E-state index is -0.141. The molecule has 0 unspecified atom stereocenters. The fourth-order valence-corrected chi connectivity index (χ4v) is 3.28. The largest absolute Gasteiger partial charge is 0.493 e. The van der Waals surface area contributed by atoms with Gasteiger partial charge in [0.25, 0.3) is 5.56 Å². The van der Waals surface area contributed by atoms with Gasteiger partial charge in [-0.3, -0.25) is 4.79 Å². The Kier molecular flexibility index (Phi) is 5.31. The monoisotopic (exact) mass is 381 g/mol. The van der Waals surface area contributed by atoms with Gasteiger partial charge in [-0.15, -0.1) is 0 Å². The number of hydrogen-bond donors (Lipinski definition) is 0. The molecule has 2 aromatic carbocycles. The van der Waals surface area contributed by atoms with E-state index in [0.29, 0.717) is 28.4 Å². The Morgan fingerprint density at radius 2 is 1.36 bits per heavy atom. The van der Waals surface area contributed by atoms with Gasteiger partial charge >= 0.3 is 0 Å². The molecule has 1 heterocycles. The van der Waals surface area contributed by atoms with Crippen LogP contribution in [-0.2, 0) is 7.05 Å². The van der Waals surface area contributed by atoms with E-state index in [1.807, 2.05) is 18.2 Å². The number of fused-ring (bicyclic) bond motifs is 1. The Balaban J connectivity index is 2.37. The van der Waals surface area contributed by atoms with Gasteiger partial charge in [0.1, 0.15) is 0 Å². The highest BCUT2D eigenvalue weighted by atomic mass is 16.5. The quantitative estimate of drug-likeness (QED) is 0.648. The Bertz CT molecular complexity index is 1110. The molecule has 0 atom stereocenters. The predicted octanol–water partition coefficient (Wildman–Crippen LogP) is 3.88. The Hall–Kier alpha value is -3.41. The van der Waals surface area contributed by atoms with Crippen LogP contribution in [0.4, 0.5) is 0 Å². The standard InChI is InChI=1S/C22H23NO5/c1-7-13-9-18(25-3)20(27-5)11-15(13)17-8-14-10-19(26-4)21(28-6)12-16(14)22(24)23(17)2/h7-12H,1H2,2-6H3. The second-order valence-corrected chi connectivity index (χ2v) is 6.19.